The van der Waals surface area contributed by atoms with Crippen molar-refractivity contribution in [2.24, 2.45) is 0 Å². The minimum atomic E-state index is -1.01. The first kappa shape index (κ1) is 23.8. The molecule has 4 rings (SSSR count). The molecule has 7 nitrogen and oxygen atoms in total. The van der Waals surface area contributed by atoms with E-state index in [4.69, 9.17) is 4.74 Å². The molecule has 1 amide bonds. The Labute approximate surface area is 201 Å². The van der Waals surface area contributed by atoms with E-state index in [9.17, 15) is 13.8 Å². The van der Waals surface area contributed by atoms with Crippen LogP contribution in [0.15, 0.2) is 59.6 Å². The smallest absolute Gasteiger partial charge is 0.229 e. The summed E-state index contributed by atoms with van der Waals surface area (Å²) in [6.07, 6.45) is 3.08. The van der Waals surface area contributed by atoms with Crippen LogP contribution in [0.2, 0.25) is 0 Å². The molecule has 2 aromatic heterocycles. The predicted molar refractivity (Wildman–Crippen MR) is 131 cm³/mol. The van der Waals surface area contributed by atoms with Gasteiger partial charge in [-0.3, -0.25) is 13.8 Å². The van der Waals surface area contributed by atoms with Gasteiger partial charge in [0.1, 0.15) is 5.82 Å². The van der Waals surface area contributed by atoms with Crippen LogP contribution in [0.3, 0.4) is 0 Å². The fourth-order valence-corrected chi connectivity index (χ4v) is 4.92. The molecule has 1 N–H and O–H groups in total. The first-order chi connectivity index (χ1) is 16.3. The minimum absolute atomic E-state index is 0.00403. The number of rotatable bonds is 7. The van der Waals surface area contributed by atoms with Crippen molar-refractivity contribution < 1.29 is 18.5 Å². The number of anilines is 1. The van der Waals surface area contributed by atoms with E-state index >= 15 is 0 Å². The maximum Gasteiger partial charge on any atom is 0.229 e. The zero-order chi connectivity index (χ0) is 24.3. The van der Waals surface area contributed by atoms with Gasteiger partial charge in [0.15, 0.2) is 5.78 Å². The van der Waals surface area contributed by atoms with Gasteiger partial charge in [0, 0.05) is 28.5 Å². The number of fused-ring (bicyclic) bond motifs is 1. The number of benzene rings is 1. The molecule has 3 aromatic rings. The predicted octanol–water partition coefficient (Wildman–Crippen LogP) is 3.88. The summed E-state index contributed by atoms with van der Waals surface area (Å²) < 4.78 is 17.0. The standard InChI is InChI=1S/C26H27N3O4S/c1-4-34(32)19-8-5-17(6-9-19)15-23(30)29-22-11-10-20-21(28-22)13-14-26(2,25(20)31)18-7-12-24(33-3)27-16-18/h5-12,16H,4,13-15H2,1-3H3,(H,28,29,30). The van der Waals surface area contributed by atoms with Crippen LogP contribution in [0.1, 0.15) is 47.4 Å². The Kier molecular flexibility index (Phi) is 6.88. The first-order valence-corrected chi connectivity index (χ1v) is 12.5. The van der Waals surface area contributed by atoms with E-state index in [-0.39, 0.29) is 18.1 Å². The Morgan fingerprint density at radius 3 is 2.56 bits per heavy atom. The van der Waals surface area contributed by atoms with E-state index in [0.29, 0.717) is 41.5 Å². The summed E-state index contributed by atoms with van der Waals surface area (Å²) >= 11 is 0. The normalized spacial score (nSPS) is 18.1. The number of ketones is 1. The van der Waals surface area contributed by atoms with Crippen molar-refractivity contribution in [2.45, 2.75) is 43.4 Å². The summed E-state index contributed by atoms with van der Waals surface area (Å²) in [6.45, 7) is 3.80. The van der Waals surface area contributed by atoms with Crippen LogP contribution >= 0.6 is 0 Å². The van der Waals surface area contributed by atoms with Crippen LogP contribution in [0.5, 0.6) is 5.88 Å². The number of aryl methyl sites for hydroxylation is 1. The van der Waals surface area contributed by atoms with Crippen LogP contribution in [-0.4, -0.2) is 38.7 Å². The number of hydrogen-bond donors (Lipinski definition) is 1. The van der Waals surface area contributed by atoms with E-state index in [1.54, 1.807) is 43.6 Å². The van der Waals surface area contributed by atoms with Gasteiger partial charge in [-0.05, 0) is 55.2 Å². The molecule has 2 atom stereocenters. The van der Waals surface area contributed by atoms with Crippen LogP contribution in [0, 0.1) is 0 Å². The topological polar surface area (TPSA) is 98.2 Å². The van der Waals surface area contributed by atoms with Crippen LogP contribution in [0.25, 0.3) is 0 Å². The maximum atomic E-state index is 13.4. The molecule has 1 aliphatic rings. The van der Waals surface area contributed by atoms with Crippen LogP contribution in [0.4, 0.5) is 5.82 Å². The third kappa shape index (κ3) is 4.77. The Morgan fingerprint density at radius 2 is 1.91 bits per heavy atom. The number of hydrogen-bond acceptors (Lipinski definition) is 6. The molecule has 0 spiro atoms. The van der Waals surface area contributed by atoms with Gasteiger partial charge < -0.3 is 10.1 Å². The zero-order valence-corrected chi connectivity index (χ0v) is 20.3. The van der Waals surface area contributed by atoms with Crippen LogP contribution < -0.4 is 10.1 Å². The largest absolute Gasteiger partial charge is 0.481 e. The molecule has 0 aliphatic heterocycles. The van der Waals surface area contributed by atoms with E-state index in [2.05, 4.69) is 15.3 Å². The van der Waals surface area contributed by atoms with E-state index in [1.807, 2.05) is 32.0 Å². The second kappa shape index (κ2) is 9.85. The second-order valence-corrected chi connectivity index (χ2v) is 10.2. The average molecular weight is 478 g/mol. The summed E-state index contributed by atoms with van der Waals surface area (Å²) in [5.74, 6) is 1.28. The molecular formula is C26H27N3O4S. The molecule has 0 saturated heterocycles. The molecule has 1 aliphatic carbocycles. The van der Waals surface area contributed by atoms with Gasteiger partial charge in [0.2, 0.25) is 11.8 Å². The van der Waals surface area contributed by atoms with Gasteiger partial charge >= 0.3 is 0 Å². The van der Waals surface area contributed by atoms with Crippen molar-refractivity contribution >= 4 is 28.3 Å². The quantitative estimate of drug-likeness (QED) is 0.555. The highest BCUT2D eigenvalue weighted by Crippen LogP contribution is 2.38. The highest BCUT2D eigenvalue weighted by atomic mass is 32.2. The molecule has 176 valence electrons. The molecule has 0 fully saturated rings. The number of amides is 1. The molecule has 0 bridgehead atoms. The van der Waals surface area contributed by atoms with Crippen molar-refractivity contribution in [1.82, 2.24) is 9.97 Å². The highest BCUT2D eigenvalue weighted by molar-refractivity contribution is 7.85. The van der Waals surface area contributed by atoms with E-state index in [1.165, 1.54) is 0 Å². The summed E-state index contributed by atoms with van der Waals surface area (Å²) in [5, 5.41) is 2.82. The summed E-state index contributed by atoms with van der Waals surface area (Å²) in [7, 11) is 0.542. The number of methoxy groups -OCH3 is 1. The third-order valence-electron chi connectivity index (χ3n) is 6.24. The molecule has 34 heavy (non-hydrogen) atoms. The SMILES string of the molecule is CCS(=O)c1ccc(CC(=O)Nc2ccc3c(n2)CCC(C)(c2ccc(OC)nc2)C3=O)cc1. The lowest BCUT2D eigenvalue weighted by atomic mass is 9.69. The maximum absolute atomic E-state index is 13.4. The highest BCUT2D eigenvalue weighted by Gasteiger charge is 2.40. The van der Waals surface area contributed by atoms with Crippen molar-refractivity contribution in [2.75, 3.05) is 18.2 Å². The number of nitrogens with one attached hydrogen (secondary N) is 1. The lowest BCUT2D eigenvalue weighted by Gasteiger charge is -2.33. The number of aromatic nitrogens is 2. The van der Waals surface area contributed by atoms with Crippen molar-refractivity contribution in [1.29, 1.82) is 0 Å². The Hall–Kier alpha value is -3.39. The van der Waals surface area contributed by atoms with Crippen molar-refractivity contribution in [3.63, 3.8) is 0 Å². The van der Waals surface area contributed by atoms with E-state index < -0.39 is 16.2 Å². The van der Waals surface area contributed by atoms with Crippen LogP contribution in [-0.2, 0) is 33.9 Å². The molecule has 0 saturated carbocycles. The lowest BCUT2D eigenvalue weighted by Crippen LogP contribution is -2.38. The van der Waals surface area contributed by atoms with Crippen molar-refractivity contribution in [3.8, 4) is 5.88 Å². The molecule has 8 heteroatoms. The van der Waals surface area contributed by atoms with Crippen molar-refractivity contribution in [3.05, 3.63) is 77.1 Å². The van der Waals surface area contributed by atoms with Gasteiger partial charge in [0.05, 0.1) is 35.4 Å². The summed E-state index contributed by atoms with van der Waals surface area (Å²) in [4.78, 5) is 35.5. The summed E-state index contributed by atoms with van der Waals surface area (Å²) in [6, 6.07) is 14.3. The number of carbonyl (C=O) groups excluding carboxylic acids is 2. The minimum Gasteiger partial charge on any atom is -0.481 e. The number of pyridine rings is 2. The molecular weight excluding hydrogens is 450 g/mol. The second-order valence-electron chi connectivity index (χ2n) is 8.44. The Morgan fingerprint density at radius 1 is 1.15 bits per heavy atom. The number of ether oxygens (including phenoxy) is 1. The first-order valence-electron chi connectivity index (χ1n) is 11.2. The fourth-order valence-electron chi connectivity index (χ4n) is 4.15. The van der Waals surface area contributed by atoms with Gasteiger partial charge in [-0.15, -0.1) is 0 Å². The number of carbonyl (C=O) groups is 2. The van der Waals surface area contributed by atoms with Gasteiger partial charge in [-0.1, -0.05) is 25.1 Å². The van der Waals surface area contributed by atoms with Gasteiger partial charge in [-0.2, -0.15) is 0 Å². The molecule has 2 heterocycles. The van der Waals surface area contributed by atoms with E-state index in [0.717, 1.165) is 16.0 Å². The summed E-state index contributed by atoms with van der Waals surface area (Å²) in [5.41, 5.74) is 2.24. The average Bonchev–Trinajstić information content (AvgIpc) is 2.86. The molecule has 1 aromatic carbocycles. The van der Waals surface area contributed by atoms with Gasteiger partial charge in [0.25, 0.3) is 0 Å². The Balaban J connectivity index is 1.45. The molecule has 0 radical (unpaired) electrons. The lowest BCUT2D eigenvalue weighted by molar-refractivity contribution is -0.115. The monoisotopic (exact) mass is 477 g/mol. The molecule has 2 unspecified atom stereocenters. The number of Topliss-reactive ketones (excluding diaryl/α,β-unsaturated/α-hetero) is 1. The number of nitrogens with zero attached hydrogens (tertiary/aromatic N) is 2. The fraction of sp³-hybridized carbons (Fsp3) is 0.308. The Bertz CT molecular complexity index is 1240. The zero-order valence-electron chi connectivity index (χ0n) is 19.5. The third-order valence-corrected chi connectivity index (χ3v) is 7.57. The van der Waals surface area contributed by atoms with Gasteiger partial charge in [-0.25, -0.2) is 9.97 Å².